The Morgan fingerprint density at radius 2 is 2.06 bits per heavy atom. The number of nitrogens with two attached hydrogens (primary N) is 1. The van der Waals surface area contributed by atoms with Crippen molar-refractivity contribution in [3.8, 4) is 0 Å². The molecule has 16 heavy (non-hydrogen) atoms. The Hall–Kier alpha value is -1.06. The first-order chi connectivity index (χ1) is 7.59. The van der Waals surface area contributed by atoms with Crippen LogP contribution >= 0.6 is 11.6 Å². The third-order valence-electron chi connectivity index (χ3n) is 3.87. The molecule has 3 nitrogen and oxygen atoms in total. The Kier molecular flexibility index (Phi) is 1.37. The Morgan fingerprint density at radius 1 is 1.31 bits per heavy atom. The molecular formula is C12H11ClN2O. The van der Waals surface area contributed by atoms with E-state index in [0.29, 0.717) is 5.02 Å². The van der Waals surface area contributed by atoms with Crippen molar-refractivity contribution in [2.75, 3.05) is 0 Å². The lowest BCUT2D eigenvalue weighted by Gasteiger charge is -2.67. The van der Waals surface area contributed by atoms with Gasteiger partial charge in [0.05, 0.1) is 5.41 Å². The zero-order valence-corrected chi connectivity index (χ0v) is 9.42. The topological polar surface area (TPSA) is 52.0 Å². The number of oxazole rings is 1. The molecule has 3 aliphatic rings. The van der Waals surface area contributed by atoms with Gasteiger partial charge < -0.3 is 10.2 Å². The summed E-state index contributed by atoms with van der Waals surface area (Å²) in [6.07, 6.45) is 3.04. The first-order valence-corrected chi connectivity index (χ1v) is 5.82. The summed E-state index contributed by atoms with van der Waals surface area (Å²) in [6, 6.07) is 5.54. The molecule has 1 heterocycles. The van der Waals surface area contributed by atoms with Gasteiger partial charge in [-0.2, -0.15) is 0 Å². The molecule has 0 atom stereocenters. The third-order valence-corrected chi connectivity index (χ3v) is 4.11. The van der Waals surface area contributed by atoms with Crippen molar-refractivity contribution in [2.45, 2.75) is 30.2 Å². The van der Waals surface area contributed by atoms with Gasteiger partial charge in [0, 0.05) is 10.6 Å². The van der Waals surface area contributed by atoms with E-state index >= 15 is 0 Å². The molecule has 3 saturated carbocycles. The summed E-state index contributed by atoms with van der Waals surface area (Å²) in [7, 11) is 0. The number of hydrogen-bond donors (Lipinski definition) is 1. The van der Waals surface area contributed by atoms with Crippen molar-refractivity contribution in [1.82, 2.24) is 4.98 Å². The fraction of sp³-hybridized carbons (Fsp3) is 0.417. The normalized spacial score (nSPS) is 35.9. The SMILES string of the molecule is NC12CC(c3nc4cc(Cl)ccc4o3)(C1)C2. The molecule has 2 N–H and O–H groups in total. The first-order valence-electron chi connectivity index (χ1n) is 5.44. The molecule has 0 unspecified atom stereocenters. The molecular weight excluding hydrogens is 224 g/mol. The zero-order valence-electron chi connectivity index (χ0n) is 8.66. The van der Waals surface area contributed by atoms with Crippen molar-refractivity contribution in [3.05, 3.63) is 29.1 Å². The maximum Gasteiger partial charge on any atom is 0.201 e. The standard InChI is InChI=1S/C12H11ClN2O/c13-7-1-2-9-8(3-7)15-10(16-9)11-4-12(14,5-11)6-11/h1-3H,4-6,14H2. The van der Waals surface area contributed by atoms with Crippen LogP contribution < -0.4 is 5.73 Å². The van der Waals surface area contributed by atoms with E-state index in [9.17, 15) is 0 Å². The van der Waals surface area contributed by atoms with E-state index in [4.69, 9.17) is 21.8 Å². The number of hydrogen-bond acceptors (Lipinski definition) is 3. The summed E-state index contributed by atoms with van der Waals surface area (Å²) < 4.78 is 5.79. The summed E-state index contributed by atoms with van der Waals surface area (Å²) in [5, 5.41) is 0.695. The molecule has 0 saturated heterocycles. The Balaban J connectivity index is 1.82. The van der Waals surface area contributed by atoms with Gasteiger partial charge in [-0.25, -0.2) is 4.98 Å². The molecule has 2 bridgehead atoms. The van der Waals surface area contributed by atoms with Crippen LogP contribution in [0.2, 0.25) is 5.02 Å². The number of fused-ring (bicyclic) bond motifs is 1. The predicted molar refractivity (Wildman–Crippen MR) is 61.5 cm³/mol. The van der Waals surface area contributed by atoms with Gasteiger partial charge in [-0.1, -0.05) is 11.6 Å². The Bertz CT molecular complexity index is 584. The van der Waals surface area contributed by atoms with Gasteiger partial charge >= 0.3 is 0 Å². The van der Waals surface area contributed by atoms with Gasteiger partial charge in [0.1, 0.15) is 5.52 Å². The fourth-order valence-electron chi connectivity index (χ4n) is 3.22. The molecule has 3 aliphatic carbocycles. The molecule has 2 aromatic rings. The highest BCUT2D eigenvalue weighted by Gasteiger charge is 2.69. The molecule has 3 fully saturated rings. The van der Waals surface area contributed by atoms with Crippen LogP contribution in [0.25, 0.3) is 11.1 Å². The molecule has 82 valence electrons. The fourth-order valence-corrected chi connectivity index (χ4v) is 3.39. The van der Waals surface area contributed by atoms with Crippen molar-refractivity contribution in [2.24, 2.45) is 5.73 Å². The van der Waals surface area contributed by atoms with Gasteiger partial charge in [0.25, 0.3) is 0 Å². The summed E-state index contributed by atoms with van der Waals surface area (Å²) >= 11 is 5.92. The average Bonchev–Trinajstić information content (AvgIpc) is 2.53. The molecule has 1 aromatic carbocycles. The van der Waals surface area contributed by atoms with Crippen molar-refractivity contribution in [3.63, 3.8) is 0 Å². The van der Waals surface area contributed by atoms with Crippen LogP contribution in [0, 0.1) is 0 Å². The maximum absolute atomic E-state index is 6.04. The minimum absolute atomic E-state index is 0.0816. The monoisotopic (exact) mass is 234 g/mol. The average molecular weight is 235 g/mol. The van der Waals surface area contributed by atoms with Crippen molar-refractivity contribution < 1.29 is 4.42 Å². The highest BCUT2D eigenvalue weighted by atomic mass is 35.5. The van der Waals surface area contributed by atoms with Gasteiger partial charge in [0.2, 0.25) is 5.89 Å². The van der Waals surface area contributed by atoms with Crippen LogP contribution in [0.4, 0.5) is 0 Å². The number of benzene rings is 1. The second-order valence-corrected chi connectivity index (χ2v) is 5.74. The summed E-state index contributed by atoms with van der Waals surface area (Å²) in [6.45, 7) is 0. The molecule has 4 heteroatoms. The molecule has 0 spiro atoms. The molecule has 0 amide bonds. The number of halogens is 1. The minimum atomic E-state index is 0.0816. The minimum Gasteiger partial charge on any atom is -0.440 e. The lowest BCUT2D eigenvalue weighted by molar-refractivity contribution is -0.0757. The number of aromatic nitrogens is 1. The van der Waals surface area contributed by atoms with Gasteiger partial charge in [0.15, 0.2) is 5.58 Å². The van der Waals surface area contributed by atoms with Crippen LogP contribution in [-0.2, 0) is 5.41 Å². The van der Waals surface area contributed by atoms with Crippen LogP contribution in [0.3, 0.4) is 0 Å². The molecule has 1 aromatic heterocycles. The van der Waals surface area contributed by atoms with Gasteiger partial charge in [-0.05, 0) is 37.5 Å². The third kappa shape index (κ3) is 0.955. The van der Waals surface area contributed by atoms with Crippen molar-refractivity contribution >= 4 is 22.7 Å². The van der Waals surface area contributed by atoms with Crippen LogP contribution in [-0.4, -0.2) is 10.5 Å². The van der Waals surface area contributed by atoms with Crippen LogP contribution in [0.5, 0.6) is 0 Å². The van der Waals surface area contributed by atoms with E-state index in [2.05, 4.69) is 4.98 Å². The van der Waals surface area contributed by atoms with E-state index in [1.807, 2.05) is 18.2 Å². The molecule has 5 rings (SSSR count). The predicted octanol–water partition coefficient (Wildman–Crippen LogP) is 2.61. The van der Waals surface area contributed by atoms with Gasteiger partial charge in [-0.15, -0.1) is 0 Å². The van der Waals surface area contributed by atoms with Crippen LogP contribution in [0.15, 0.2) is 22.6 Å². The largest absolute Gasteiger partial charge is 0.440 e. The van der Waals surface area contributed by atoms with E-state index in [0.717, 1.165) is 36.3 Å². The summed E-state index contributed by atoms with van der Waals surface area (Å²) in [5.74, 6) is 0.845. The van der Waals surface area contributed by atoms with E-state index in [1.54, 1.807) is 0 Å². The lowest BCUT2D eigenvalue weighted by atomic mass is 9.40. The second-order valence-electron chi connectivity index (χ2n) is 5.30. The highest BCUT2D eigenvalue weighted by Crippen LogP contribution is 2.66. The number of rotatable bonds is 1. The summed E-state index contributed by atoms with van der Waals surface area (Å²) in [4.78, 5) is 4.53. The highest BCUT2D eigenvalue weighted by molar-refractivity contribution is 6.31. The van der Waals surface area contributed by atoms with E-state index in [1.165, 1.54) is 0 Å². The lowest BCUT2D eigenvalue weighted by Crippen LogP contribution is -2.74. The smallest absolute Gasteiger partial charge is 0.201 e. The maximum atomic E-state index is 6.04. The first kappa shape index (κ1) is 9.02. The second kappa shape index (κ2) is 2.44. The quantitative estimate of drug-likeness (QED) is 0.825. The summed E-state index contributed by atoms with van der Waals surface area (Å²) in [5.41, 5.74) is 7.92. The zero-order chi connectivity index (χ0) is 11.0. The Labute approximate surface area is 97.6 Å². The molecule has 0 radical (unpaired) electrons. The number of nitrogens with zero attached hydrogens (tertiary/aromatic N) is 1. The van der Waals surface area contributed by atoms with E-state index in [-0.39, 0.29) is 11.0 Å². The van der Waals surface area contributed by atoms with Gasteiger partial charge in [-0.3, -0.25) is 0 Å². The van der Waals surface area contributed by atoms with E-state index < -0.39 is 0 Å². The Morgan fingerprint density at radius 3 is 2.75 bits per heavy atom. The van der Waals surface area contributed by atoms with Crippen LogP contribution in [0.1, 0.15) is 25.2 Å². The molecule has 0 aliphatic heterocycles. The van der Waals surface area contributed by atoms with Crippen molar-refractivity contribution in [1.29, 1.82) is 0 Å².